The van der Waals surface area contributed by atoms with Crippen molar-refractivity contribution in [1.29, 1.82) is 0 Å². The van der Waals surface area contributed by atoms with E-state index in [0.29, 0.717) is 32.0 Å². The number of amides is 1. The third-order valence-electron chi connectivity index (χ3n) is 4.13. The summed E-state index contributed by atoms with van der Waals surface area (Å²) in [6.07, 6.45) is 2.15. The van der Waals surface area contributed by atoms with E-state index in [1.54, 1.807) is 7.11 Å². The summed E-state index contributed by atoms with van der Waals surface area (Å²) in [5.41, 5.74) is 8.42. The van der Waals surface area contributed by atoms with Crippen molar-refractivity contribution in [1.82, 2.24) is 10.2 Å². The second kappa shape index (κ2) is 9.27. The van der Waals surface area contributed by atoms with E-state index in [9.17, 15) is 4.79 Å². The van der Waals surface area contributed by atoms with Crippen molar-refractivity contribution in [3.8, 4) is 0 Å². The summed E-state index contributed by atoms with van der Waals surface area (Å²) in [5.74, 6) is 0.595. The van der Waals surface area contributed by atoms with E-state index in [2.05, 4.69) is 28.5 Å². The van der Waals surface area contributed by atoms with Gasteiger partial charge >= 0.3 is 0 Å². The summed E-state index contributed by atoms with van der Waals surface area (Å²) in [7, 11) is 1.65. The number of fused-ring (bicyclic) bond motifs is 1. The summed E-state index contributed by atoms with van der Waals surface area (Å²) in [4.78, 5) is 18.5. The highest BCUT2D eigenvalue weighted by Crippen LogP contribution is 2.19. The minimum absolute atomic E-state index is 0.119. The van der Waals surface area contributed by atoms with E-state index in [-0.39, 0.29) is 11.9 Å². The highest BCUT2D eigenvalue weighted by atomic mass is 16.5. The van der Waals surface area contributed by atoms with Gasteiger partial charge in [0.25, 0.3) is 0 Å². The van der Waals surface area contributed by atoms with Crippen LogP contribution in [-0.2, 0) is 22.5 Å². The fourth-order valence-corrected chi connectivity index (χ4v) is 2.89. The normalized spacial score (nSPS) is 15.8. The zero-order valence-electron chi connectivity index (χ0n) is 14.6. The fraction of sp³-hybridized carbons (Fsp3) is 0.556. The summed E-state index contributed by atoms with van der Waals surface area (Å²) in [6.45, 7) is 4.62. The van der Waals surface area contributed by atoms with Crippen LogP contribution in [0.25, 0.3) is 0 Å². The molecule has 0 spiro atoms. The minimum atomic E-state index is 0.119. The Morgan fingerprint density at radius 2 is 2.17 bits per heavy atom. The van der Waals surface area contributed by atoms with Gasteiger partial charge in [-0.25, -0.2) is 0 Å². The van der Waals surface area contributed by atoms with E-state index in [1.807, 2.05) is 17.9 Å². The molecule has 132 valence electrons. The first kappa shape index (κ1) is 18.3. The van der Waals surface area contributed by atoms with Gasteiger partial charge in [0.2, 0.25) is 5.91 Å². The zero-order valence-corrected chi connectivity index (χ0v) is 14.6. The van der Waals surface area contributed by atoms with Gasteiger partial charge in [-0.15, -0.1) is 0 Å². The van der Waals surface area contributed by atoms with Crippen molar-refractivity contribution in [2.24, 2.45) is 10.7 Å². The lowest BCUT2D eigenvalue weighted by atomic mass is 9.99. The molecule has 1 aromatic carbocycles. The lowest BCUT2D eigenvalue weighted by Crippen LogP contribution is -2.40. The number of hydrogen-bond donors (Lipinski definition) is 2. The maximum absolute atomic E-state index is 12.3. The maximum atomic E-state index is 12.3. The number of hydrogen-bond acceptors (Lipinski definition) is 3. The molecule has 6 heteroatoms. The second-order valence-corrected chi connectivity index (χ2v) is 6.21. The van der Waals surface area contributed by atoms with Gasteiger partial charge in [0.05, 0.1) is 6.61 Å². The third kappa shape index (κ3) is 5.53. The van der Waals surface area contributed by atoms with Gasteiger partial charge < -0.3 is 20.7 Å². The molecule has 2 rings (SSSR count). The van der Waals surface area contributed by atoms with Crippen LogP contribution in [0.4, 0.5) is 0 Å². The molecule has 6 nitrogen and oxygen atoms in total. The molecule has 0 radical (unpaired) electrons. The number of carbonyl (C=O) groups excluding carboxylic acids is 1. The molecule has 0 saturated heterocycles. The largest absolute Gasteiger partial charge is 0.383 e. The van der Waals surface area contributed by atoms with E-state index in [4.69, 9.17) is 10.5 Å². The Morgan fingerprint density at radius 1 is 1.42 bits per heavy atom. The van der Waals surface area contributed by atoms with Crippen LogP contribution in [0.1, 0.15) is 30.9 Å². The number of carbonyl (C=O) groups is 1. The lowest BCUT2D eigenvalue weighted by molar-refractivity contribution is -0.132. The number of guanidine groups is 1. The Morgan fingerprint density at radius 3 is 2.92 bits per heavy atom. The van der Waals surface area contributed by atoms with E-state index >= 15 is 0 Å². The summed E-state index contributed by atoms with van der Waals surface area (Å²) in [6, 6.07) is 8.45. The van der Waals surface area contributed by atoms with Crippen LogP contribution in [0.15, 0.2) is 29.3 Å². The summed E-state index contributed by atoms with van der Waals surface area (Å²) in [5, 5.41) is 3.05. The first-order chi connectivity index (χ1) is 11.6. The maximum Gasteiger partial charge on any atom is 0.222 e. The smallest absolute Gasteiger partial charge is 0.222 e. The van der Waals surface area contributed by atoms with E-state index < -0.39 is 0 Å². The summed E-state index contributed by atoms with van der Waals surface area (Å²) < 4.78 is 5.03. The van der Waals surface area contributed by atoms with Crippen LogP contribution in [0.3, 0.4) is 0 Å². The Kier molecular flexibility index (Phi) is 7.06. The van der Waals surface area contributed by atoms with Crippen LogP contribution in [0.2, 0.25) is 0 Å². The molecule has 1 heterocycles. The monoisotopic (exact) mass is 332 g/mol. The molecule has 1 atom stereocenters. The van der Waals surface area contributed by atoms with Gasteiger partial charge in [-0.2, -0.15) is 0 Å². The molecule has 1 aromatic rings. The zero-order chi connectivity index (χ0) is 17.4. The Bertz CT molecular complexity index is 574. The molecule has 3 N–H and O–H groups in total. The molecule has 24 heavy (non-hydrogen) atoms. The molecule has 0 bridgehead atoms. The third-order valence-corrected chi connectivity index (χ3v) is 4.13. The second-order valence-electron chi connectivity index (χ2n) is 6.21. The molecule has 1 aliphatic heterocycles. The number of nitrogens with zero attached hydrogens (tertiary/aromatic N) is 2. The van der Waals surface area contributed by atoms with Crippen molar-refractivity contribution in [2.75, 3.05) is 26.8 Å². The lowest BCUT2D eigenvalue weighted by Gasteiger charge is -2.28. The molecular weight excluding hydrogens is 304 g/mol. The standard InChI is InChI=1S/C18H28N4O2/c1-14(13-24-2)21-18(19)20-10-5-8-17(23)22-11-9-15-6-3-4-7-16(15)12-22/h3-4,6-7,14H,5,8-13H2,1-2H3,(H3,19,20,21). The van der Waals surface area contributed by atoms with Crippen molar-refractivity contribution in [2.45, 2.75) is 38.8 Å². The number of methoxy groups -OCH3 is 1. The molecule has 1 amide bonds. The van der Waals surface area contributed by atoms with Crippen LogP contribution in [0, 0.1) is 0 Å². The predicted molar refractivity (Wildman–Crippen MR) is 95.8 cm³/mol. The average molecular weight is 332 g/mol. The topological polar surface area (TPSA) is 80.0 Å². The molecule has 0 fully saturated rings. The van der Waals surface area contributed by atoms with Gasteiger partial charge in [0.15, 0.2) is 5.96 Å². The number of ether oxygens (including phenoxy) is 1. The first-order valence-corrected chi connectivity index (χ1v) is 8.50. The highest BCUT2D eigenvalue weighted by Gasteiger charge is 2.19. The molecule has 1 unspecified atom stereocenters. The highest BCUT2D eigenvalue weighted by molar-refractivity contribution is 5.78. The Balaban J connectivity index is 1.70. The van der Waals surface area contributed by atoms with Gasteiger partial charge in [0.1, 0.15) is 0 Å². The van der Waals surface area contributed by atoms with Crippen molar-refractivity contribution in [3.63, 3.8) is 0 Å². The van der Waals surface area contributed by atoms with Crippen molar-refractivity contribution >= 4 is 11.9 Å². The van der Waals surface area contributed by atoms with Crippen molar-refractivity contribution in [3.05, 3.63) is 35.4 Å². The molecular formula is C18H28N4O2. The Hall–Kier alpha value is -2.08. The van der Waals surface area contributed by atoms with E-state index in [0.717, 1.165) is 19.5 Å². The molecule has 1 aliphatic rings. The van der Waals surface area contributed by atoms with Gasteiger partial charge in [-0.05, 0) is 30.9 Å². The van der Waals surface area contributed by atoms with Gasteiger partial charge in [0, 0.05) is 39.2 Å². The average Bonchev–Trinajstić information content (AvgIpc) is 2.58. The molecule has 0 aromatic heterocycles. The quantitative estimate of drug-likeness (QED) is 0.448. The number of benzene rings is 1. The Labute approximate surface area is 144 Å². The van der Waals surface area contributed by atoms with Gasteiger partial charge in [-0.1, -0.05) is 24.3 Å². The fourth-order valence-electron chi connectivity index (χ4n) is 2.89. The first-order valence-electron chi connectivity index (χ1n) is 8.50. The molecule has 0 aliphatic carbocycles. The number of nitrogens with one attached hydrogen (secondary N) is 1. The van der Waals surface area contributed by atoms with Crippen LogP contribution in [-0.4, -0.2) is 49.6 Å². The van der Waals surface area contributed by atoms with Crippen LogP contribution in [0.5, 0.6) is 0 Å². The van der Waals surface area contributed by atoms with Crippen molar-refractivity contribution < 1.29 is 9.53 Å². The van der Waals surface area contributed by atoms with Crippen LogP contribution >= 0.6 is 0 Å². The van der Waals surface area contributed by atoms with Gasteiger partial charge in [-0.3, -0.25) is 9.79 Å². The summed E-state index contributed by atoms with van der Waals surface area (Å²) >= 11 is 0. The van der Waals surface area contributed by atoms with Crippen LogP contribution < -0.4 is 11.1 Å². The molecule has 0 saturated carbocycles. The van der Waals surface area contributed by atoms with E-state index in [1.165, 1.54) is 11.1 Å². The number of nitrogens with two attached hydrogens (primary N) is 1. The predicted octanol–water partition coefficient (Wildman–Crippen LogP) is 1.29. The SMILES string of the molecule is COCC(C)NC(N)=NCCCC(=O)N1CCc2ccccc2C1. The number of rotatable bonds is 7. The number of aliphatic imine (C=N–C) groups is 1. The minimum Gasteiger partial charge on any atom is -0.383 e.